The van der Waals surface area contributed by atoms with Crippen LogP contribution in [0.25, 0.3) is 0 Å². The highest BCUT2D eigenvalue weighted by atomic mass is 32.1. The molecule has 0 aliphatic rings. The molecule has 0 aliphatic carbocycles. The molecule has 0 radical (unpaired) electrons. The summed E-state index contributed by atoms with van der Waals surface area (Å²) in [4.78, 5) is 12.1. The highest BCUT2D eigenvalue weighted by Gasteiger charge is 2.09. The maximum atomic E-state index is 10.7. The fourth-order valence-electron chi connectivity index (χ4n) is 1.61. The first-order chi connectivity index (χ1) is 7.74. The van der Waals surface area contributed by atoms with E-state index in [2.05, 4.69) is 35.1 Å². The lowest BCUT2D eigenvalue weighted by molar-refractivity contribution is -0.118. The van der Waals surface area contributed by atoms with E-state index in [0.29, 0.717) is 12.6 Å². The number of hydrogen-bond acceptors (Lipinski definition) is 3. The van der Waals surface area contributed by atoms with Crippen LogP contribution in [0.3, 0.4) is 0 Å². The molecule has 0 bridgehead atoms. The van der Waals surface area contributed by atoms with E-state index >= 15 is 0 Å². The van der Waals surface area contributed by atoms with E-state index in [1.54, 1.807) is 18.3 Å². The van der Waals surface area contributed by atoms with Gasteiger partial charge in [-0.1, -0.05) is 19.4 Å². The smallest absolute Gasteiger partial charge is 0.216 e. The summed E-state index contributed by atoms with van der Waals surface area (Å²) in [6.07, 6.45) is 2.30. The molecule has 0 aromatic carbocycles. The Labute approximate surface area is 101 Å². The number of hydrogen-bond donors (Lipinski definition) is 2. The maximum Gasteiger partial charge on any atom is 0.216 e. The normalized spacial score (nSPS) is 12.4. The van der Waals surface area contributed by atoms with Crippen molar-refractivity contribution in [3.05, 3.63) is 22.4 Å². The third-order valence-electron chi connectivity index (χ3n) is 2.35. The molecule has 1 aromatic rings. The van der Waals surface area contributed by atoms with Crippen LogP contribution in [0.4, 0.5) is 0 Å². The number of carbonyl (C=O) groups is 1. The van der Waals surface area contributed by atoms with Gasteiger partial charge in [-0.15, -0.1) is 11.3 Å². The fraction of sp³-hybridized carbons (Fsp3) is 0.583. The Hall–Kier alpha value is -0.870. The van der Waals surface area contributed by atoms with E-state index in [1.165, 1.54) is 4.88 Å². The molecule has 16 heavy (non-hydrogen) atoms. The SMILES string of the molecule is CCCC(NCCNC(C)=O)c1cccs1. The predicted octanol–water partition coefficient (Wildman–Crippen LogP) is 2.32. The van der Waals surface area contributed by atoms with Crippen LogP contribution in [0.1, 0.15) is 37.6 Å². The molecule has 3 nitrogen and oxygen atoms in total. The minimum Gasteiger partial charge on any atom is -0.355 e. The minimum absolute atomic E-state index is 0.0324. The van der Waals surface area contributed by atoms with Gasteiger partial charge in [-0.3, -0.25) is 4.79 Å². The van der Waals surface area contributed by atoms with Crippen LogP contribution in [0.5, 0.6) is 0 Å². The summed E-state index contributed by atoms with van der Waals surface area (Å²) in [7, 11) is 0. The zero-order valence-corrected chi connectivity index (χ0v) is 10.8. The van der Waals surface area contributed by atoms with Crippen molar-refractivity contribution in [2.75, 3.05) is 13.1 Å². The van der Waals surface area contributed by atoms with E-state index in [9.17, 15) is 4.79 Å². The van der Waals surface area contributed by atoms with Crippen LogP contribution in [0.2, 0.25) is 0 Å². The number of amides is 1. The van der Waals surface area contributed by atoms with E-state index in [0.717, 1.165) is 19.4 Å². The van der Waals surface area contributed by atoms with Gasteiger partial charge in [0.2, 0.25) is 5.91 Å². The third kappa shape index (κ3) is 4.77. The number of nitrogens with one attached hydrogen (secondary N) is 2. The van der Waals surface area contributed by atoms with Crippen molar-refractivity contribution in [1.82, 2.24) is 10.6 Å². The second-order valence-corrected chi connectivity index (χ2v) is 4.77. The Morgan fingerprint density at radius 3 is 2.88 bits per heavy atom. The van der Waals surface area contributed by atoms with Crippen molar-refractivity contribution in [3.8, 4) is 0 Å². The van der Waals surface area contributed by atoms with E-state index in [4.69, 9.17) is 0 Å². The molecule has 1 atom stereocenters. The molecular weight excluding hydrogens is 220 g/mol. The summed E-state index contributed by atoms with van der Waals surface area (Å²) in [5.41, 5.74) is 0. The highest BCUT2D eigenvalue weighted by Crippen LogP contribution is 2.22. The first-order valence-electron chi connectivity index (χ1n) is 5.75. The van der Waals surface area contributed by atoms with Gasteiger partial charge in [0.05, 0.1) is 0 Å². The Morgan fingerprint density at radius 2 is 2.31 bits per heavy atom. The number of rotatable bonds is 7. The first kappa shape index (κ1) is 13.2. The van der Waals surface area contributed by atoms with Crippen LogP contribution in [-0.4, -0.2) is 19.0 Å². The molecule has 0 saturated heterocycles. The third-order valence-corrected chi connectivity index (χ3v) is 3.34. The molecule has 1 aromatic heterocycles. The van der Waals surface area contributed by atoms with Gasteiger partial charge in [0.1, 0.15) is 0 Å². The van der Waals surface area contributed by atoms with Crippen LogP contribution in [0.15, 0.2) is 17.5 Å². The second kappa shape index (κ2) is 7.41. The summed E-state index contributed by atoms with van der Waals surface area (Å²) in [5, 5.41) is 8.37. The lowest BCUT2D eigenvalue weighted by Crippen LogP contribution is -2.32. The van der Waals surface area contributed by atoms with E-state index in [1.807, 2.05) is 0 Å². The van der Waals surface area contributed by atoms with Crippen LogP contribution >= 0.6 is 11.3 Å². The Balaban J connectivity index is 2.32. The van der Waals surface area contributed by atoms with Gasteiger partial charge in [-0.2, -0.15) is 0 Å². The molecule has 1 amide bonds. The van der Waals surface area contributed by atoms with Crippen molar-refractivity contribution in [2.45, 2.75) is 32.7 Å². The highest BCUT2D eigenvalue weighted by molar-refractivity contribution is 7.10. The second-order valence-electron chi connectivity index (χ2n) is 3.79. The van der Waals surface area contributed by atoms with Gasteiger partial charge in [0.25, 0.3) is 0 Å². The van der Waals surface area contributed by atoms with Gasteiger partial charge in [0.15, 0.2) is 0 Å². The number of thiophene rings is 1. The fourth-order valence-corrected chi connectivity index (χ4v) is 2.44. The quantitative estimate of drug-likeness (QED) is 0.718. The Kier molecular flexibility index (Phi) is 6.11. The summed E-state index contributed by atoms with van der Waals surface area (Å²) in [6, 6.07) is 4.67. The minimum atomic E-state index is 0.0324. The lowest BCUT2D eigenvalue weighted by Gasteiger charge is -2.16. The maximum absolute atomic E-state index is 10.7. The van der Waals surface area contributed by atoms with Crippen molar-refractivity contribution >= 4 is 17.2 Å². The van der Waals surface area contributed by atoms with Crippen LogP contribution < -0.4 is 10.6 Å². The largest absolute Gasteiger partial charge is 0.355 e. The molecule has 1 unspecified atom stereocenters. The molecule has 0 fully saturated rings. The van der Waals surface area contributed by atoms with E-state index in [-0.39, 0.29) is 5.91 Å². The zero-order chi connectivity index (χ0) is 11.8. The first-order valence-corrected chi connectivity index (χ1v) is 6.63. The standard InChI is InChI=1S/C12H20N2OS/c1-3-5-11(12-6-4-9-16-12)14-8-7-13-10(2)15/h4,6,9,11,14H,3,5,7-8H2,1-2H3,(H,13,15). The molecule has 0 spiro atoms. The zero-order valence-electron chi connectivity index (χ0n) is 9.95. The summed E-state index contributed by atoms with van der Waals surface area (Å²) < 4.78 is 0. The van der Waals surface area contributed by atoms with Crippen LogP contribution in [-0.2, 0) is 4.79 Å². The van der Waals surface area contributed by atoms with Gasteiger partial charge < -0.3 is 10.6 Å². The molecule has 2 N–H and O–H groups in total. The van der Waals surface area contributed by atoms with Gasteiger partial charge in [0, 0.05) is 30.9 Å². The molecule has 1 rings (SSSR count). The van der Waals surface area contributed by atoms with Crippen molar-refractivity contribution in [2.24, 2.45) is 0 Å². The topological polar surface area (TPSA) is 41.1 Å². The van der Waals surface area contributed by atoms with Crippen molar-refractivity contribution < 1.29 is 4.79 Å². The molecule has 0 saturated carbocycles. The lowest BCUT2D eigenvalue weighted by atomic mass is 10.1. The summed E-state index contributed by atoms with van der Waals surface area (Å²) in [5.74, 6) is 0.0324. The average Bonchev–Trinajstić information content (AvgIpc) is 2.75. The van der Waals surface area contributed by atoms with Crippen molar-refractivity contribution in [3.63, 3.8) is 0 Å². The van der Waals surface area contributed by atoms with Gasteiger partial charge in [-0.25, -0.2) is 0 Å². The van der Waals surface area contributed by atoms with Gasteiger partial charge >= 0.3 is 0 Å². The Morgan fingerprint density at radius 1 is 1.50 bits per heavy atom. The van der Waals surface area contributed by atoms with E-state index < -0.39 is 0 Å². The number of carbonyl (C=O) groups excluding carboxylic acids is 1. The molecular formula is C12H20N2OS. The van der Waals surface area contributed by atoms with Crippen molar-refractivity contribution in [1.29, 1.82) is 0 Å². The molecule has 1 heterocycles. The average molecular weight is 240 g/mol. The summed E-state index contributed by atoms with van der Waals surface area (Å²) in [6.45, 7) is 5.25. The molecule has 90 valence electrons. The van der Waals surface area contributed by atoms with Gasteiger partial charge in [-0.05, 0) is 17.9 Å². The predicted molar refractivity (Wildman–Crippen MR) is 68.7 cm³/mol. The monoisotopic (exact) mass is 240 g/mol. The Bertz CT molecular complexity index is 298. The molecule has 4 heteroatoms. The van der Waals surface area contributed by atoms with Crippen LogP contribution in [0, 0.1) is 0 Å². The molecule has 0 aliphatic heterocycles. The summed E-state index contributed by atoms with van der Waals surface area (Å²) >= 11 is 1.79.